The predicted molar refractivity (Wildman–Crippen MR) is 72.2 cm³/mol. The lowest BCUT2D eigenvalue weighted by molar-refractivity contribution is -0.145. The maximum absolute atomic E-state index is 12.5. The Morgan fingerprint density at radius 2 is 2.16 bits per heavy atom. The van der Waals surface area contributed by atoms with Crippen molar-refractivity contribution >= 4 is 17.6 Å². The number of fused-ring (bicyclic) bond motifs is 1. The van der Waals surface area contributed by atoms with Crippen molar-refractivity contribution in [2.24, 2.45) is 0 Å². The van der Waals surface area contributed by atoms with Crippen molar-refractivity contribution < 1.29 is 14.7 Å². The smallest absolute Gasteiger partial charge is 0.323 e. The van der Waals surface area contributed by atoms with Gasteiger partial charge in [0.15, 0.2) is 0 Å². The molecule has 1 amide bonds. The average molecular weight is 262 g/mol. The van der Waals surface area contributed by atoms with Gasteiger partial charge < -0.3 is 15.3 Å². The molecule has 5 heteroatoms. The largest absolute Gasteiger partial charge is 0.480 e. The lowest BCUT2D eigenvalue weighted by atomic mass is 9.90. The van der Waals surface area contributed by atoms with Crippen molar-refractivity contribution in [1.82, 2.24) is 4.90 Å². The van der Waals surface area contributed by atoms with Gasteiger partial charge in [0.2, 0.25) is 5.91 Å². The molecule has 0 saturated heterocycles. The maximum Gasteiger partial charge on any atom is 0.323 e. The number of carboxylic acid groups (broad SMARTS) is 1. The Balaban J connectivity index is 2.22. The van der Waals surface area contributed by atoms with E-state index >= 15 is 0 Å². The molecule has 0 aliphatic carbocycles. The first-order valence-corrected chi connectivity index (χ1v) is 6.47. The number of para-hydroxylation sites is 1. The molecule has 1 aromatic rings. The van der Waals surface area contributed by atoms with Crippen LogP contribution in [-0.2, 0) is 9.59 Å². The Kier molecular flexibility index (Phi) is 4.04. The highest BCUT2D eigenvalue weighted by Gasteiger charge is 2.29. The molecule has 1 atom stereocenters. The van der Waals surface area contributed by atoms with E-state index < -0.39 is 5.97 Å². The van der Waals surface area contributed by atoms with E-state index in [1.165, 1.54) is 4.90 Å². The molecule has 2 rings (SSSR count). The Labute approximate surface area is 112 Å². The molecule has 0 bridgehead atoms. The highest BCUT2D eigenvalue weighted by molar-refractivity contribution is 5.88. The van der Waals surface area contributed by atoms with Crippen molar-refractivity contribution in [2.75, 3.05) is 25.0 Å². The number of amides is 1. The standard InChI is InChI=1S/C14H18N2O3/c1-2-16(9-13(17)18)14(19)11-7-8-15-12-6-4-3-5-10(11)12/h3-6,11,15H,2,7-9H2,1H3,(H,17,18). The third-order valence-electron chi connectivity index (χ3n) is 3.40. The van der Waals surface area contributed by atoms with Crippen LogP contribution in [0.25, 0.3) is 0 Å². The lowest BCUT2D eigenvalue weighted by Crippen LogP contribution is -2.40. The van der Waals surface area contributed by atoms with E-state index in [0.717, 1.165) is 17.8 Å². The van der Waals surface area contributed by atoms with E-state index in [0.29, 0.717) is 13.0 Å². The molecular formula is C14H18N2O3. The van der Waals surface area contributed by atoms with Crippen molar-refractivity contribution in [3.63, 3.8) is 0 Å². The first-order chi connectivity index (χ1) is 9.13. The van der Waals surface area contributed by atoms with Crippen LogP contribution in [-0.4, -0.2) is 41.5 Å². The van der Waals surface area contributed by atoms with Crippen LogP contribution in [0.2, 0.25) is 0 Å². The summed E-state index contributed by atoms with van der Waals surface area (Å²) in [5, 5.41) is 12.1. The predicted octanol–water partition coefficient (Wildman–Crippen LogP) is 1.52. The molecular weight excluding hydrogens is 244 g/mol. The van der Waals surface area contributed by atoms with Gasteiger partial charge in [0.05, 0.1) is 5.92 Å². The second-order valence-electron chi connectivity index (χ2n) is 4.60. The number of anilines is 1. The fourth-order valence-electron chi connectivity index (χ4n) is 2.45. The molecule has 2 N–H and O–H groups in total. The summed E-state index contributed by atoms with van der Waals surface area (Å²) in [6.07, 6.45) is 0.700. The van der Waals surface area contributed by atoms with Gasteiger partial charge in [-0.15, -0.1) is 0 Å². The van der Waals surface area contributed by atoms with E-state index in [9.17, 15) is 9.59 Å². The highest BCUT2D eigenvalue weighted by atomic mass is 16.4. The molecule has 1 aliphatic heterocycles. The third kappa shape index (κ3) is 2.86. The number of hydrogen-bond acceptors (Lipinski definition) is 3. The topological polar surface area (TPSA) is 69.6 Å². The molecule has 1 aromatic carbocycles. The Hall–Kier alpha value is -2.04. The number of likely N-dealkylation sites (N-methyl/N-ethyl adjacent to an activating group) is 1. The molecule has 1 heterocycles. The second kappa shape index (κ2) is 5.73. The quantitative estimate of drug-likeness (QED) is 0.863. The summed E-state index contributed by atoms with van der Waals surface area (Å²) in [7, 11) is 0. The Bertz CT molecular complexity index is 487. The minimum atomic E-state index is -0.975. The summed E-state index contributed by atoms with van der Waals surface area (Å²) in [6.45, 7) is 2.71. The maximum atomic E-state index is 12.5. The second-order valence-corrected chi connectivity index (χ2v) is 4.60. The van der Waals surface area contributed by atoms with Gasteiger partial charge in [-0.05, 0) is 25.0 Å². The van der Waals surface area contributed by atoms with Crippen molar-refractivity contribution in [3.05, 3.63) is 29.8 Å². The molecule has 0 fully saturated rings. The fraction of sp³-hybridized carbons (Fsp3) is 0.429. The summed E-state index contributed by atoms with van der Waals surface area (Å²) < 4.78 is 0. The average Bonchev–Trinajstić information content (AvgIpc) is 2.43. The van der Waals surface area contributed by atoms with Crippen LogP contribution in [0, 0.1) is 0 Å². The van der Waals surface area contributed by atoms with Gasteiger partial charge in [0.1, 0.15) is 6.54 Å². The summed E-state index contributed by atoms with van der Waals surface area (Å²) in [5.41, 5.74) is 1.93. The van der Waals surface area contributed by atoms with Gasteiger partial charge in [-0.2, -0.15) is 0 Å². The third-order valence-corrected chi connectivity index (χ3v) is 3.40. The zero-order chi connectivity index (χ0) is 13.8. The highest BCUT2D eigenvalue weighted by Crippen LogP contribution is 2.32. The molecule has 1 unspecified atom stereocenters. The fourth-order valence-corrected chi connectivity index (χ4v) is 2.45. The first kappa shape index (κ1) is 13.4. The first-order valence-electron chi connectivity index (χ1n) is 6.47. The zero-order valence-corrected chi connectivity index (χ0v) is 10.9. The van der Waals surface area contributed by atoms with E-state index in [4.69, 9.17) is 5.11 Å². The van der Waals surface area contributed by atoms with Crippen molar-refractivity contribution in [3.8, 4) is 0 Å². The van der Waals surface area contributed by atoms with Crippen LogP contribution < -0.4 is 5.32 Å². The monoisotopic (exact) mass is 262 g/mol. The van der Waals surface area contributed by atoms with E-state index in [1.807, 2.05) is 24.3 Å². The molecule has 0 radical (unpaired) electrons. The number of carbonyl (C=O) groups excluding carboxylic acids is 1. The lowest BCUT2D eigenvalue weighted by Gasteiger charge is -2.30. The molecule has 0 saturated carbocycles. The molecule has 5 nitrogen and oxygen atoms in total. The summed E-state index contributed by atoms with van der Waals surface area (Å²) >= 11 is 0. The minimum absolute atomic E-state index is 0.0983. The summed E-state index contributed by atoms with van der Waals surface area (Å²) in [5.74, 6) is -1.31. The number of hydrogen-bond donors (Lipinski definition) is 2. The number of carboxylic acids is 1. The van der Waals surface area contributed by atoms with Crippen LogP contribution in [0.5, 0.6) is 0 Å². The van der Waals surface area contributed by atoms with Gasteiger partial charge in [-0.3, -0.25) is 9.59 Å². The minimum Gasteiger partial charge on any atom is -0.480 e. The number of carbonyl (C=O) groups is 2. The molecule has 1 aliphatic rings. The molecule has 19 heavy (non-hydrogen) atoms. The van der Waals surface area contributed by atoms with E-state index in [2.05, 4.69) is 5.32 Å². The van der Waals surface area contributed by atoms with Crippen molar-refractivity contribution in [2.45, 2.75) is 19.3 Å². The van der Waals surface area contributed by atoms with Crippen LogP contribution in [0.15, 0.2) is 24.3 Å². The Morgan fingerprint density at radius 1 is 1.42 bits per heavy atom. The number of benzene rings is 1. The summed E-state index contributed by atoms with van der Waals surface area (Å²) in [6, 6.07) is 7.70. The van der Waals surface area contributed by atoms with Gasteiger partial charge in [-0.1, -0.05) is 18.2 Å². The number of aliphatic carboxylic acids is 1. The van der Waals surface area contributed by atoms with Crippen molar-refractivity contribution in [1.29, 1.82) is 0 Å². The molecule has 102 valence electrons. The van der Waals surface area contributed by atoms with Gasteiger partial charge in [0, 0.05) is 18.8 Å². The van der Waals surface area contributed by atoms with E-state index in [1.54, 1.807) is 6.92 Å². The van der Waals surface area contributed by atoms with Crippen LogP contribution in [0.3, 0.4) is 0 Å². The van der Waals surface area contributed by atoms with Crippen LogP contribution >= 0.6 is 0 Å². The summed E-state index contributed by atoms with van der Waals surface area (Å²) in [4.78, 5) is 24.7. The van der Waals surface area contributed by atoms with Crippen LogP contribution in [0.1, 0.15) is 24.8 Å². The van der Waals surface area contributed by atoms with Gasteiger partial charge >= 0.3 is 5.97 Å². The van der Waals surface area contributed by atoms with E-state index in [-0.39, 0.29) is 18.4 Å². The normalized spacial score (nSPS) is 17.2. The van der Waals surface area contributed by atoms with Crippen LogP contribution in [0.4, 0.5) is 5.69 Å². The zero-order valence-electron chi connectivity index (χ0n) is 10.9. The number of nitrogens with zero attached hydrogens (tertiary/aromatic N) is 1. The SMILES string of the molecule is CCN(CC(=O)O)C(=O)C1CCNc2ccccc21. The molecule has 0 spiro atoms. The molecule has 0 aromatic heterocycles. The Morgan fingerprint density at radius 3 is 2.84 bits per heavy atom. The number of nitrogens with one attached hydrogen (secondary N) is 1. The van der Waals surface area contributed by atoms with Gasteiger partial charge in [0.25, 0.3) is 0 Å². The number of rotatable bonds is 4. The van der Waals surface area contributed by atoms with Gasteiger partial charge in [-0.25, -0.2) is 0 Å².